The fourth-order valence-corrected chi connectivity index (χ4v) is 2.68. The maximum absolute atomic E-state index is 12.1. The van der Waals surface area contributed by atoms with Crippen LogP contribution in [0.2, 0.25) is 0 Å². The first kappa shape index (κ1) is 19.1. The van der Waals surface area contributed by atoms with Crippen LogP contribution in [0.3, 0.4) is 0 Å². The summed E-state index contributed by atoms with van der Waals surface area (Å²) in [5.41, 5.74) is 0.794. The average molecular weight is 349 g/mol. The number of amides is 1. The van der Waals surface area contributed by atoms with Crippen molar-refractivity contribution in [3.05, 3.63) is 23.8 Å². The number of likely N-dealkylation sites (tertiary alicyclic amines) is 1. The summed E-state index contributed by atoms with van der Waals surface area (Å²) in [6.45, 7) is 6.34. The molecule has 0 saturated carbocycles. The molecule has 1 amide bonds. The molecule has 0 aromatic heterocycles. The number of nitrogens with zero attached hydrogens (tertiary/aromatic N) is 1. The number of hydrogen-bond acceptors (Lipinski definition) is 5. The van der Waals surface area contributed by atoms with Gasteiger partial charge in [0.25, 0.3) is 5.91 Å². The van der Waals surface area contributed by atoms with Crippen LogP contribution in [0.1, 0.15) is 38.7 Å². The largest absolute Gasteiger partial charge is 0.490 e. The maximum atomic E-state index is 12.1. The Balaban J connectivity index is 1.97. The van der Waals surface area contributed by atoms with Crippen LogP contribution in [-0.2, 0) is 20.7 Å². The zero-order chi connectivity index (χ0) is 18.1. The fourth-order valence-electron chi connectivity index (χ4n) is 2.68. The number of hydrogen-bond donors (Lipinski definition) is 0. The van der Waals surface area contributed by atoms with Crippen molar-refractivity contribution in [2.75, 3.05) is 32.9 Å². The number of ether oxygens (including phenoxy) is 3. The van der Waals surface area contributed by atoms with Gasteiger partial charge in [-0.05, 0) is 43.9 Å². The lowest BCUT2D eigenvalue weighted by Crippen LogP contribution is -2.32. The predicted octanol–water partition coefficient (Wildman–Crippen LogP) is 2.58. The summed E-state index contributed by atoms with van der Waals surface area (Å²) in [5, 5.41) is 0. The van der Waals surface area contributed by atoms with Crippen LogP contribution in [0.15, 0.2) is 18.2 Å². The van der Waals surface area contributed by atoms with Crippen LogP contribution >= 0.6 is 0 Å². The Morgan fingerprint density at radius 3 is 2.52 bits per heavy atom. The van der Waals surface area contributed by atoms with Crippen LogP contribution in [0.5, 0.6) is 11.5 Å². The topological polar surface area (TPSA) is 65.1 Å². The van der Waals surface area contributed by atoms with E-state index in [0.717, 1.165) is 37.9 Å². The highest BCUT2D eigenvalue weighted by atomic mass is 16.5. The first-order chi connectivity index (χ1) is 12.1. The van der Waals surface area contributed by atoms with Crippen LogP contribution in [0, 0.1) is 0 Å². The minimum absolute atomic E-state index is 0.00202. The molecule has 6 nitrogen and oxygen atoms in total. The van der Waals surface area contributed by atoms with E-state index in [1.54, 1.807) is 18.2 Å². The third-order valence-corrected chi connectivity index (χ3v) is 3.93. The van der Waals surface area contributed by atoms with Gasteiger partial charge in [-0.25, -0.2) is 0 Å². The molecule has 0 atom stereocenters. The van der Waals surface area contributed by atoms with E-state index in [1.807, 2.05) is 18.7 Å². The van der Waals surface area contributed by atoms with Crippen molar-refractivity contribution in [3.8, 4) is 11.5 Å². The molecule has 1 saturated heterocycles. The second-order valence-corrected chi connectivity index (χ2v) is 5.99. The maximum Gasteiger partial charge on any atom is 0.310 e. The third kappa shape index (κ3) is 5.96. The van der Waals surface area contributed by atoms with Crippen molar-refractivity contribution in [2.45, 2.75) is 39.5 Å². The van der Waals surface area contributed by atoms with Crippen molar-refractivity contribution < 1.29 is 23.8 Å². The van der Waals surface area contributed by atoms with Gasteiger partial charge in [-0.2, -0.15) is 0 Å². The summed E-state index contributed by atoms with van der Waals surface area (Å²) < 4.78 is 16.4. The molecule has 1 heterocycles. The zero-order valence-corrected chi connectivity index (χ0v) is 15.1. The van der Waals surface area contributed by atoms with Gasteiger partial charge in [0.15, 0.2) is 18.1 Å². The summed E-state index contributed by atoms with van der Waals surface area (Å²) in [4.78, 5) is 25.7. The molecule has 0 bridgehead atoms. The monoisotopic (exact) mass is 349 g/mol. The number of carbonyl (C=O) groups is 2. The Morgan fingerprint density at radius 2 is 1.84 bits per heavy atom. The van der Waals surface area contributed by atoms with Gasteiger partial charge in [-0.15, -0.1) is 0 Å². The molecule has 0 unspecified atom stereocenters. The lowest BCUT2D eigenvalue weighted by molar-refractivity contribution is -0.142. The van der Waals surface area contributed by atoms with Crippen LogP contribution in [0.25, 0.3) is 0 Å². The van der Waals surface area contributed by atoms with Crippen molar-refractivity contribution in [3.63, 3.8) is 0 Å². The Kier molecular flexibility index (Phi) is 7.57. The molecule has 138 valence electrons. The van der Waals surface area contributed by atoms with E-state index in [2.05, 4.69) is 0 Å². The van der Waals surface area contributed by atoms with Gasteiger partial charge < -0.3 is 19.1 Å². The average Bonchev–Trinajstić information content (AvgIpc) is 3.14. The van der Waals surface area contributed by atoms with Gasteiger partial charge >= 0.3 is 5.97 Å². The molecular weight excluding hydrogens is 322 g/mol. The van der Waals surface area contributed by atoms with Crippen LogP contribution < -0.4 is 9.47 Å². The molecule has 0 N–H and O–H groups in total. The fraction of sp³-hybridized carbons (Fsp3) is 0.579. The van der Waals surface area contributed by atoms with Crippen molar-refractivity contribution in [1.29, 1.82) is 0 Å². The Labute approximate surface area is 149 Å². The molecule has 6 heteroatoms. The Bertz CT molecular complexity index is 581. The molecule has 25 heavy (non-hydrogen) atoms. The normalized spacial score (nSPS) is 13.6. The van der Waals surface area contributed by atoms with E-state index in [-0.39, 0.29) is 24.9 Å². The first-order valence-corrected chi connectivity index (χ1v) is 8.96. The summed E-state index contributed by atoms with van der Waals surface area (Å²) >= 11 is 0. The molecule has 1 aliphatic heterocycles. The predicted molar refractivity (Wildman–Crippen MR) is 93.9 cm³/mol. The van der Waals surface area contributed by atoms with E-state index in [0.29, 0.717) is 24.7 Å². The smallest absolute Gasteiger partial charge is 0.310 e. The number of rotatable bonds is 9. The zero-order valence-electron chi connectivity index (χ0n) is 15.1. The van der Waals surface area contributed by atoms with Gasteiger partial charge in [-0.3, -0.25) is 9.59 Å². The number of benzene rings is 1. The molecule has 0 aliphatic carbocycles. The second kappa shape index (κ2) is 9.91. The first-order valence-electron chi connectivity index (χ1n) is 8.96. The van der Waals surface area contributed by atoms with Crippen LogP contribution in [0.4, 0.5) is 0 Å². The highest BCUT2D eigenvalue weighted by Gasteiger charge is 2.19. The standard InChI is InChI=1S/C19H27NO5/c1-3-11-24-19(22)13-15-7-8-16(17(12-15)23-4-2)25-14-18(21)20-9-5-6-10-20/h7-8,12H,3-6,9-11,13-14H2,1-2H3. The summed E-state index contributed by atoms with van der Waals surface area (Å²) in [6.07, 6.45) is 3.10. The van der Waals surface area contributed by atoms with E-state index in [1.165, 1.54) is 0 Å². The molecule has 1 fully saturated rings. The molecule has 0 radical (unpaired) electrons. The summed E-state index contributed by atoms with van der Waals surface area (Å²) in [7, 11) is 0. The summed E-state index contributed by atoms with van der Waals surface area (Å²) in [6, 6.07) is 5.31. The Morgan fingerprint density at radius 1 is 1.08 bits per heavy atom. The second-order valence-electron chi connectivity index (χ2n) is 5.99. The molecule has 1 aromatic rings. The van der Waals surface area contributed by atoms with Crippen LogP contribution in [-0.4, -0.2) is 49.7 Å². The molecule has 0 spiro atoms. The minimum atomic E-state index is -0.262. The van der Waals surface area contributed by atoms with Crippen molar-refractivity contribution >= 4 is 11.9 Å². The van der Waals surface area contributed by atoms with E-state index < -0.39 is 0 Å². The van der Waals surface area contributed by atoms with Gasteiger partial charge in [0.2, 0.25) is 0 Å². The lowest BCUT2D eigenvalue weighted by Gasteiger charge is -2.17. The van der Waals surface area contributed by atoms with Gasteiger partial charge in [-0.1, -0.05) is 13.0 Å². The van der Waals surface area contributed by atoms with Crippen molar-refractivity contribution in [2.24, 2.45) is 0 Å². The van der Waals surface area contributed by atoms with Gasteiger partial charge in [0.1, 0.15) is 0 Å². The number of esters is 1. The third-order valence-electron chi connectivity index (χ3n) is 3.93. The lowest BCUT2D eigenvalue weighted by atomic mass is 10.1. The number of carbonyl (C=O) groups excluding carboxylic acids is 2. The molecule has 1 aliphatic rings. The quantitative estimate of drug-likeness (QED) is 0.641. The molecule has 2 rings (SSSR count). The summed E-state index contributed by atoms with van der Waals surface area (Å²) in [5.74, 6) is 0.784. The minimum Gasteiger partial charge on any atom is -0.490 e. The highest BCUT2D eigenvalue weighted by Crippen LogP contribution is 2.29. The SMILES string of the molecule is CCCOC(=O)Cc1ccc(OCC(=O)N2CCCC2)c(OCC)c1. The van der Waals surface area contributed by atoms with E-state index >= 15 is 0 Å². The van der Waals surface area contributed by atoms with E-state index in [4.69, 9.17) is 14.2 Å². The molecule has 1 aromatic carbocycles. The highest BCUT2D eigenvalue weighted by molar-refractivity contribution is 5.78. The van der Waals surface area contributed by atoms with E-state index in [9.17, 15) is 9.59 Å². The van der Waals surface area contributed by atoms with Crippen molar-refractivity contribution in [1.82, 2.24) is 4.90 Å². The van der Waals surface area contributed by atoms with Gasteiger partial charge in [0, 0.05) is 13.1 Å². The Hall–Kier alpha value is -2.24. The van der Waals surface area contributed by atoms with Gasteiger partial charge in [0.05, 0.1) is 19.6 Å². The molecular formula is C19H27NO5.